The molecule has 0 aliphatic carbocycles. The van der Waals surface area contributed by atoms with Crippen molar-refractivity contribution >= 4 is 43.7 Å². The van der Waals surface area contributed by atoms with E-state index in [0.717, 1.165) is 4.57 Å². The summed E-state index contributed by atoms with van der Waals surface area (Å²) in [4.78, 5) is 13.1. The molecule has 0 saturated heterocycles. The molecule has 0 unspecified atom stereocenters. The Hall–Kier alpha value is -5.29. The molecule has 0 radical (unpaired) electrons. The normalized spacial score (nSPS) is 19.1. The highest BCUT2D eigenvalue weighted by Gasteiger charge is 2.18. The van der Waals surface area contributed by atoms with Gasteiger partial charge in [-0.3, -0.25) is 4.57 Å². The fourth-order valence-electron chi connectivity index (χ4n) is 4.08. The lowest BCUT2D eigenvalue weighted by Gasteiger charge is -2.10. The first-order valence-corrected chi connectivity index (χ1v) is 10.9. The molecular formula is C33H20N4O. The second kappa shape index (κ2) is 8.11. The van der Waals surface area contributed by atoms with Crippen LogP contribution in [0.25, 0.3) is 72.5 Å². The minimum atomic E-state index is -0.824. The average molecular weight is 509 g/mol. The first kappa shape index (κ1) is 9.23. The van der Waals surface area contributed by atoms with Crippen LogP contribution in [0.1, 0.15) is 27.4 Å². The van der Waals surface area contributed by atoms with Crippen molar-refractivity contribution in [3.05, 3.63) is 121 Å². The zero-order valence-corrected chi connectivity index (χ0v) is 18.7. The van der Waals surface area contributed by atoms with E-state index in [-0.39, 0.29) is 21.5 Å². The van der Waals surface area contributed by atoms with E-state index in [1.54, 1.807) is 0 Å². The van der Waals surface area contributed by atoms with Gasteiger partial charge in [0.15, 0.2) is 11.6 Å². The van der Waals surface area contributed by atoms with Crippen LogP contribution in [0, 0.1) is 0 Å². The predicted molar refractivity (Wildman–Crippen MR) is 152 cm³/mol. The zero-order valence-electron chi connectivity index (χ0n) is 38.7. The fraction of sp³-hybridized carbons (Fsp3) is 0. The minimum absolute atomic E-state index is 0.288. The number of aromatic nitrogens is 4. The summed E-state index contributed by atoms with van der Waals surface area (Å²) in [5.74, 6) is -2.16. The molecule has 5 nitrogen and oxygen atoms in total. The number of furan rings is 1. The number of nitrogens with zero attached hydrogens (tertiary/aromatic N) is 4. The molecule has 8 rings (SSSR count). The van der Waals surface area contributed by atoms with Crippen LogP contribution >= 0.6 is 0 Å². The highest BCUT2D eigenvalue weighted by Crippen LogP contribution is 2.34. The summed E-state index contributed by atoms with van der Waals surface area (Å²) in [6.07, 6.45) is 0. The Kier molecular flexibility index (Phi) is 1.97. The number of rotatable bonds is 3. The molecular weight excluding hydrogens is 468 g/mol. The van der Waals surface area contributed by atoms with E-state index in [9.17, 15) is 1.37 Å². The van der Waals surface area contributed by atoms with Crippen molar-refractivity contribution in [2.24, 2.45) is 0 Å². The minimum Gasteiger partial charge on any atom is -0.456 e. The van der Waals surface area contributed by atoms with Gasteiger partial charge in [-0.15, -0.1) is 0 Å². The third kappa shape index (κ3) is 3.15. The van der Waals surface area contributed by atoms with Gasteiger partial charge in [0, 0.05) is 32.7 Å². The molecule has 0 atom stereocenters. The van der Waals surface area contributed by atoms with Crippen LogP contribution in [0.4, 0.5) is 0 Å². The van der Waals surface area contributed by atoms with Crippen molar-refractivity contribution < 1.29 is 31.8 Å². The number of benzene rings is 5. The summed E-state index contributed by atoms with van der Waals surface area (Å²) in [6, 6.07) is -14.9. The standard InChI is InChI=1S/C33H20N4O/c1-2-10-21(11-3-1)31-34-32(22-18-19-26-25-14-6-9-17-29(25)38-30(26)20-22)36-33(35-31)37-27-15-7-4-12-23(27)24-13-5-8-16-28(24)37/h1-20H/i1D,2D,3D,4D,5D,6D,7D,8D,9D,10D,11D,12D,13D,14D,15D,16D,17D,18D,19D,20D. The molecule has 0 fully saturated rings. The van der Waals surface area contributed by atoms with Crippen LogP contribution in [-0.2, 0) is 0 Å². The molecule has 3 aromatic heterocycles. The van der Waals surface area contributed by atoms with Crippen molar-refractivity contribution in [3.8, 4) is 28.7 Å². The highest BCUT2D eigenvalue weighted by atomic mass is 16.3. The van der Waals surface area contributed by atoms with Crippen molar-refractivity contribution in [2.75, 3.05) is 0 Å². The highest BCUT2D eigenvalue weighted by molar-refractivity contribution is 6.09. The summed E-state index contributed by atoms with van der Waals surface area (Å²) >= 11 is 0. The fourth-order valence-corrected chi connectivity index (χ4v) is 4.08. The quantitative estimate of drug-likeness (QED) is 0.241. The maximum absolute atomic E-state index is 9.21. The van der Waals surface area contributed by atoms with E-state index in [1.807, 2.05) is 0 Å². The van der Waals surface area contributed by atoms with Crippen LogP contribution in [0.15, 0.2) is 125 Å². The van der Waals surface area contributed by atoms with Gasteiger partial charge in [-0.05, 0) is 30.2 Å². The van der Waals surface area contributed by atoms with Gasteiger partial charge in [0.25, 0.3) is 0 Å². The summed E-state index contributed by atoms with van der Waals surface area (Å²) in [7, 11) is 0. The van der Waals surface area contributed by atoms with Crippen LogP contribution in [0.2, 0.25) is 0 Å². The second-order valence-corrected chi connectivity index (χ2v) is 7.83. The Morgan fingerprint density at radius 1 is 0.500 bits per heavy atom. The molecule has 178 valence electrons. The van der Waals surface area contributed by atoms with Crippen molar-refractivity contribution in [3.63, 3.8) is 0 Å². The maximum atomic E-state index is 9.21. The first-order chi connectivity index (χ1) is 27.1. The van der Waals surface area contributed by atoms with E-state index in [0.29, 0.717) is 0 Å². The molecule has 8 aromatic rings. The van der Waals surface area contributed by atoms with E-state index in [1.165, 1.54) is 0 Å². The first-order valence-electron chi connectivity index (χ1n) is 20.9. The smallest absolute Gasteiger partial charge is 0.238 e. The van der Waals surface area contributed by atoms with Crippen LogP contribution < -0.4 is 0 Å². The lowest BCUT2D eigenvalue weighted by atomic mass is 10.1. The molecule has 0 bridgehead atoms. The Morgan fingerprint density at radius 3 is 1.82 bits per heavy atom. The molecule has 0 aliphatic rings. The van der Waals surface area contributed by atoms with E-state index < -0.39 is 172 Å². The van der Waals surface area contributed by atoms with Gasteiger partial charge in [-0.2, -0.15) is 9.97 Å². The second-order valence-electron chi connectivity index (χ2n) is 7.83. The van der Waals surface area contributed by atoms with Crippen LogP contribution in [0.5, 0.6) is 0 Å². The molecule has 5 heteroatoms. The topological polar surface area (TPSA) is 56.7 Å². The Morgan fingerprint density at radius 2 is 1.08 bits per heavy atom. The van der Waals surface area contributed by atoms with Crippen molar-refractivity contribution in [2.45, 2.75) is 0 Å². The largest absolute Gasteiger partial charge is 0.456 e. The zero-order chi connectivity index (χ0) is 42.5. The third-order valence-electron chi connectivity index (χ3n) is 5.69. The van der Waals surface area contributed by atoms with Gasteiger partial charge in [-0.1, -0.05) is 90.6 Å². The van der Waals surface area contributed by atoms with E-state index in [2.05, 4.69) is 15.0 Å². The third-order valence-corrected chi connectivity index (χ3v) is 5.69. The summed E-state index contributed by atoms with van der Waals surface area (Å²) < 4.78 is 178. The van der Waals surface area contributed by atoms with Crippen LogP contribution in [-0.4, -0.2) is 19.5 Å². The Bertz CT molecular complexity index is 3140. The van der Waals surface area contributed by atoms with Gasteiger partial charge >= 0.3 is 0 Å². The number of fused-ring (bicyclic) bond motifs is 6. The van der Waals surface area contributed by atoms with Gasteiger partial charge in [0.2, 0.25) is 5.95 Å². The van der Waals surface area contributed by atoms with Gasteiger partial charge in [0.05, 0.1) is 38.4 Å². The monoisotopic (exact) mass is 508 g/mol. The molecule has 0 spiro atoms. The Balaban J connectivity index is 1.61. The van der Waals surface area contributed by atoms with Gasteiger partial charge in [-0.25, -0.2) is 4.98 Å². The SMILES string of the molecule is [2H]c1c([2H])c([2H])c(-c2nc(-c3c([2H])c([2H])c4c(oc5c([2H])c([2H])c([2H])c([2H])c54)c3[2H])nc(-n3c4c([2H])c([2H])c([2H])c([2H])c4c4c([2H])c([2H])c([2H])c([2H])c43)n2)c([2H])c1[2H]. The molecule has 0 aliphatic heterocycles. The number of para-hydroxylation sites is 3. The van der Waals surface area contributed by atoms with Gasteiger partial charge < -0.3 is 4.42 Å². The van der Waals surface area contributed by atoms with Crippen molar-refractivity contribution in [1.29, 1.82) is 0 Å². The molecule has 0 saturated carbocycles. The lowest BCUT2D eigenvalue weighted by molar-refractivity contribution is 0.669. The molecule has 38 heavy (non-hydrogen) atoms. The predicted octanol–water partition coefficient (Wildman–Crippen LogP) is 8.20. The maximum Gasteiger partial charge on any atom is 0.238 e. The molecule has 3 heterocycles. The summed E-state index contributed by atoms with van der Waals surface area (Å²) in [5, 5.41) is -1.36. The summed E-state index contributed by atoms with van der Waals surface area (Å²) in [5.41, 5.74) is -3.11. The van der Waals surface area contributed by atoms with E-state index in [4.69, 9.17) is 30.5 Å². The molecule has 5 aromatic carbocycles. The number of hydrogen-bond donors (Lipinski definition) is 0. The van der Waals surface area contributed by atoms with E-state index >= 15 is 0 Å². The lowest BCUT2D eigenvalue weighted by Crippen LogP contribution is -2.06. The summed E-state index contributed by atoms with van der Waals surface area (Å²) in [6.45, 7) is 0. The van der Waals surface area contributed by atoms with Crippen molar-refractivity contribution in [1.82, 2.24) is 19.5 Å². The Labute approximate surface area is 245 Å². The average Bonchev–Trinajstić information content (AvgIpc) is 3.78. The molecule has 0 amide bonds. The number of hydrogen-bond acceptors (Lipinski definition) is 4. The van der Waals surface area contributed by atoms with Gasteiger partial charge in [0.1, 0.15) is 11.2 Å². The van der Waals surface area contributed by atoms with Crippen LogP contribution in [0.3, 0.4) is 0 Å². The molecule has 0 N–H and O–H groups in total.